The lowest BCUT2D eigenvalue weighted by Gasteiger charge is -2.12. The molecule has 2 aromatic heterocycles. The summed E-state index contributed by atoms with van der Waals surface area (Å²) in [6.07, 6.45) is 1.65. The third kappa shape index (κ3) is 4.31. The van der Waals surface area contributed by atoms with Crippen LogP contribution in [0.5, 0.6) is 0 Å². The summed E-state index contributed by atoms with van der Waals surface area (Å²) < 4.78 is 30.7. The van der Waals surface area contributed by atoms with Gasteiger partial charge >= 0.3 is 0 Å². The Morgan fingerprint density at radius 2 is 1.38 bits per heavy atom. The molecular weight excluding hydrogens is 446 g/mol. The van der Waals surface area contributed by atoms with Gasteiger partial charge in [0.2, 0.25) is 5.95 Å². The van der Waals surface area contributed by atoms with Gasteiger partial charge in [-0.15, -0.1) is 10.2 Å². The first-order chi connectivity index (χ1) is 16.5. The molecule has 0 amide bonds. The minimum Gasteiger partial charge on any atom is -0.259 e. The maximum Gasteiger partial charge on any atom is 0.264 e. The summed E-state index contributed by atoms with van der Waals surface area (Å²) in [5.41, 5.74) is 4.40. The zero-order valence-corrected chi connectivity index (χ0v) is 19.1. The number of rotatable bonds is 6. The number of benzene rings is 3. The summed E-state index contributed by atoms with van der Waals surface area (Å²) in [4.78, 5) is 4.48. The van der Waals surface area contributed by atoms with Gasteiger partial charge < -0.3 is 0 Å². The molecular formula is C26H21N5O2S. The predicted octanol–water partition coefficient (Wildman–Crippen LogP) is 5.11. The normalized spacial score (nSPS) is 11.3. The fraction of sp³-hybridized carbons (Fsp3) is 0.0385. The second-order valence-corrected chi connectivity index (χ2v) is 9.41. The van der Waals surface area contributed by atoms with Crippen LogP contribution in [-0.4, -0.2) is 28.2 Å². The molecule has 0 saturated carbocycles. The van der Waals surface area contributed by atoms with E-state index in [-0.39, 0.29) is 10.8 Å². The van der Waals surface area contributed by atoms with Crippen molar-refractivity contribution < 1.29 is 8.42 Å². The summed E-state index contributed by atoms with van der Waals surface area (Å²) in [7, 11) is -3.91. The Hall–Kier alpha value is -4.30. The van der Waals surface area contributed by atoms with Crippen LogP contribution in [0.15, 0.2) is 108 Å². The molecule has 1 N–H and O–H groups in total. The molecule has 0 unspecified atom stereocenters. The predicted molar refractivity (Wildman–Crippen MR) is 132 cm³/mol. The Morgan fingerprint density at radius 3 is 2.03 bits per heavy atom. The van der Waals surface area contributed by atoms with Gasteiger partial charge in [-0.05, 0) is 54.4 Å². The highest BCUT2D eigenvalue weighted by atomic mass is 32.2. The van der Waals surface area contributed by atoms with Crippen LogP contribution >= 0.6 is 0 Å². The van der Waals surface area contributed by atoms with E-state index in [1.807, 2.05) is 67.6 Å². The molecule has 5 rings (SSSR count). The van der Waals surface area contributed by atoms with Gasteiger partial charge in [0.25, 0.3) is 10.0 Å². The third-order valence-electron chi connectivity index (χ3n) is 5.35. The van der Waals surface area contributed by atoms with Crippen LogP contribution in [-0.2, 0) is 10.0 Å². The van der Waals surface area contributed by atoms with Gasteiger partial charge in [-0.1, -0.05) is 66.2 Å². The van der Waals surface area contributed by atoms with Crippen LogP contribution in [0.4, 0.5) is 5.95 Å². The number of hydrogen-bond donors (Lipinski definition) is 1. The first-order valence-corrected chi connectivity index (χ1v) is 12.1. The van der Waals surface area contributed by atoms with Gasteiger partial charge in [-0.25, -0.2) is 13.1 Å². The molecule has 5 aromatic rings. The standard InChI is InChI=1S/C26H21N5O2S/c1-19-10-12-20(13-11-19)21-14-16-23(17-15-21)34(32,33)30-26-29-28-25(24-9-5-6-18-27-24)31(26)22-7-3-2-4-8-22/h2-18H,1H3,(H,29,30). The van der Waals surface area contributed by atoms with Crippen LogP contribution < -0.4 is 4.72 Å². The minimum absolute atomic E-state index is 0.0782. The summed E-state index contributed by atoms with van der Waals surface area (Å²) >= 11 is 0. The van der Waals surface area contributed by atoms with Gasteiger partial charge in [-0.3, -0.25) is 9.55 Å². The Labute approximate surface area is 197 Å². The summed E-state index contributed by atoms with van der Waals surface area (Å²) in [6, 6.07) is 29.6. The second kappa shape index (κ2) is 8.92. The van der Waals surface area contributed by atoms with Crippen molar-refractivity contribution in [3.63, 3.8) is 0 Å². The zero-order chi connectivity index (χ0) is 23.5. The minimum atomic E-state index is -3.91. The van der Waals surface area contributed by atoms with Crippen molar-refractivity contribution in [2.45, 2.75) is 11.8 Å². The lowest BCUT2D eigenvalue weighted by molar-refractivity contribution is 0.600. The Morgan fingerprint density at radius 1 is 0.735 bits per heavy atom. The smallest absolute Gasteiger partial charge is 0.259 e. The fourth-order valence-electron chi connectivity index (χ4n) is 3.58. The molecule has 0 aliphatic carbocycles. The maximum atomic E-state index is 13.2. The lowest BCUT2D eigenvalue weighted by Crippen LogP contribution is -2.16. The number of aromatic nitrogens is 4. The van der Waals surface area contributed by atoms with E-state index in [2.05, 4.69) is 19.9 Å². The van der Waals surface area contributed by atoms with E-state index < -0.39 is 10.0 Å². The average molecular weight is 468 g/mol. The van der Waals surface area contributed by atoms with Gasteiger partial charge in [0.15, 0.2) is 5.82 Å². The molecule has 8 heteroatoms. The molecule has 0 spiro atoms. The number of sulfonamides is 1. The molecule has 0 aliphatic rings. The van der Waals surface area contributed by atoms with E-state index in [1.54, 1.807) is 47.2 Å². The fourth-order valence-corrected chi connectivity index (χ4v) is 4.57. The van der Waals surface area contributed by atoms with Crippen molar-refractivity contribution in [1.82, 2.24) is 19.7 Å². The Kier molecular flexibility index (Phi) is 5.65. The molecule has 0 bridgehead atoms. The highest BCUT2D eigenvalue weighted by Crippen LogP contribution is 2.26. The highest BCUT2D eigenvalue weighted by molar-refractivity contribution is 7.92. The quantitative estimate of drug-likeness (QED) is 0.375. The van der Waals surface area contributed by atoms with Crippen molar-refractivity contribution in [2.24, 2.45) is 0 Å². The largest absolute Gasteiger partial charge is 0.264 e. The van der Waals surface area contributed by atoms with E-state index in [9.17, 15) is 8.42 Å². The molecule has 0 fully saturated rings. The first kappa shape index (κ1) is 21.5. The monoisotopic (exact) mass is 467 g/mol. The maximum absolute atomic E-state index is 13.2. The van der Waals surface area contributed by atoms with Crippen LogP contribution in [0.3, 0.4) is 0 Å². The van der Waals surface area contributed by atoms with Gasteiger partial charge in [0, 0.05) is 6.20 Å². The molecule has 7 nitrogen and oxygen atoms in total. The number of pyridine rings is 1. The molecule has 0 radical (unpaired) electrons. The molecule has 2 heterocycles. The Bertz CT molecular complexity index is 1510. The van der Waals surface area contributed by atoms with Crippen molar-refractivity contribution in [3.8, 4) is 28.3 Å². The molecule has 3 aromatic carbocycles. The van der Waals surface area contributed by atoms with Crippen LogP contribution in [0.1, 0.15) is 5.56 Å². The lowest BCUT2D eigenvalue weighted by atomic mass is 10.0. The molecule has 168 valence electrons. The molecule has 0 saturated heterocycles. The van der Waals surface area contributed by atoms with E-state index in [0.717, 1.165) is 11.1 Å². The van der Waals surface area contributed by atoms with E-state index in [4.69, 9.17) is 0 Å². The Balaban J connectivity index is 1.50. The first-order valence-electron chi connectivity index (χ1n) is 10.6. The van der Waals surface area contributed by atoms with E-state index >= 15 is 0 Å². The van der Waals surface area contributed by atoms with Gasteiger partial charge in [0.1, 0.15) is 5.69 Å². The number of para-hydroxylation sites is 1. The number of nitrogens with zero attached hydrogens (tertiary/aromatic N) is 4. The molecule has 34 heavy (non-hydrogen) atoms. The number of aryl methyl sites for hydroxylation is 1. The second-order valence-electron chi connectivity index (χ2n) is 7.73. The van der Waals surface area contributed by atoms with Crippen molar-refractivity contribution in [1.29, 1.82) is 0 Å². The highest BCUT2D eigenvalue weighted by Gasteiger charge is 2.22. The number of anilines is 1. The number of hydrogen-bond acceptors (Lipinski definition) is 5. The van der Waals surface area contributed by atoms with Crippen LogP contribution in [0.2, 0.25) is 0 Å². The van der Waals surface area contributed by atoms with Gasteiger partial charge in [0.05, 0.1) is 10.6 Å². The number of nitrogens with one attached hydrogen (secondary N) is 1. The third-order valence-corrected chi connectivity index (χ3v) is 6.69. The SMILES string of the molecule is Cc1ccc(-c2ccc(S(=O)(=O)Nc3nnc(-c4ccccn4)n3-c3ccccc3)cc2)cc1. The van der Waals surface area contributed by atoms with Crippen molar-refractivity contribution in [2.75, 3.05) is 4.72 Å². The van der Waals surface area contributed by atoms with Crippen LogP contribution in [0, 0.1) is 6.92 Å². The van der Waals surface area contributed by atoms with E-state index in [1.165, 1.54) is 5.56 Å². The molecule has 0 aliphatic heterocycles. The summed E-state index contributed by atoms with van der Waals surface area (Å²) in [5, 5.41) is 8.36. The average Bonchev–Trinajstić information content (AvgIpc) is 3.28. The van der Waals surface area contributed by atoms with Gasteiger partial charge in [-0.2, -0.15) is 0 Å². The summed E-state index contributed by atoms with van der Waals surface area (Å²) in [6.45, 7) is 2.03. The van der Waals surface area contributed by atoms with Crippen molar-refractivity contribution in [3.05, 3.63) is 109 Å². The molecule has 0 atom stereocenters. The topological polar surface area (TPSA) is 89.8 Å². The van der Waals surface area contributed by atoms with E-state index in [0.29, 0.717) is 17.2 Å². The summed E-state index contributed by atoms with van der Waals surface area (Å²) in [5.74, 6) is 0.508. The van der Waals surface area contributed by atoms with Crippen LogP contribution in [0.25, 0.3) is 28.3 Å². The van der Waals surface area contributed by atoms with Crippen molar-refractivity contribution >= 4 is 16.0 Å². The zero-order valence-electron chi connectivity index (χ0n) is 18.3.